The van der Waals surface area contributed by atoms with Gasteiger partial charge in [-0.05, 0) is 0 Å². The van der Waals surface area contributed by atoms with Crippen LogP contribution >= 0.6 is 12.4 Å². The molecule has 98 valence electrons. The van der Waals surface area contributed by atoms with Crippen molar-refractivity contribution in [3.05, 3.63) is 34.9 Å². The van der Waals surface area contributed by atoms with Crippen molar-refractivity contribution < 1.29 is 26.3 Å². The van der Waals surface area contributed by atoms with Crippen LogP contribution in [0.5, 0.6) is 0 Å². The van der Waals surface area contributed by atoms with Gasteiger partial charge in [0.15, 0.2) is 23.3 Å². The standard InChI is InChI=1S/C9H7F6N.ClH/c10-3-1-4(11)9(15)7(8(3)14)5(16)2-6(12)13;/h1,5-6H,2,16H2;1H/t5-;/m0./s1. The summed E-state index contributed by atoms with van der Waals surface area (Å²) in [5.74, 6) is -6.82. The molecule has 0 heterocycles. The Hall–Kier alpha value is -0.950. The Bertz CT molecular complexity index is 371. The highest BCUT2D eigenvalue weighted by molar-refractivity contribution is 5.85. The highest BCUT2D eigenvalue weighted by atomic mass is 35.5. The zero-order chi connectivity index (χ0) is 12.5. The Balaban J connectivity index is 0.00000256. The van der Waals surface area contributed by atoms with E-state index in [1.54, 1.807) is 0 Å². The van der Waals surface area contributed by atoms with E-state index in [1.165, 1.54) is 0 Å². The van der Waals surface area contributed by atoms with Crippen molar-refractivity contribution in [1.29, 1.82) is 0 Å². The molecule has 0 fully saturated rings. The Morgan fingerprint density at radius 2 is 1.41 bits per heavy atom. The predicted octanol–water partition coefficient (Wildman–Crippen LogP) is 3.32. The van der Waals surface area contributed by atoms with Crippen LogP contribution in [0, 0.1) is 23.3 Å². The largest absolute Gasteiger partial charge is 0.324 e. The molecule has 0 aromatic heterocycles. The number of hydrogen-bond acceptors (Lipinski definition) is 1. The third-order valence-corrected chi connectivity index (χ3v) is 1.95. The van der Waals surface area contributed by atoms with Gasteiger partial charge in [0, 0.05) is 24.1 Å². The molecule has 0 aliphatic heterocycles. The second-order valence-corrected chi connectivity index (χ2v) is 3.12. The lowest BCUT2D eigenvalue weighted by Gasteiger charge is -2.14. The smallest absolute Gasteiger partial charge is 0.240 e. The number of nitrogens with two attached hydrogens (primary N) is 1. The van der Waals surface area contributed by atoms with E-state index in [0.29, 0.717) is 0 Å². The first kappa shape index (κ1) is 16.1. The maximum absolute atomic E-state index is 13.0. The van der Waals surface area contributed by atoms with Gasteiger partial charge in [-0.25, -0.2) is 26.3 Å². The molecule has 0 unspecified atom stereocenters. The van der Waals surface area contributed by atoms with Crippen LogP contribution in [0.1, 0.15) is 18.0 Å². The van der Waals surface area contributed by atoms with E-state index >= 15 is 0 Å². The van der Waals surface area contributed by atoms with Crippen molar-refractivity contribution in [2.75, 3.05) is 0 Å². The molecule has 0 saturated heterocycles. The average Bonchev–Trinajstić information content (AvgIpc) is 2.14. The van der Waals surface area contributed by atoms with Gasteiger partial charge < -0.3 is 5.73 Å². The minimum absolute atomic E-state index is 0. The second kappa shape index (κ2) is 6.11. The van der Waals surface area contributed by atoms with E-state index in [-0.39, 0.29) is 18.5 Å². The van der Waals surface area contributed by atoms with Gasteiger partial charge in [0.25, 0.3) is 0 Å². The van der Waals surface area contributed by atoms with Gasteiger partial charge in [0.1, 0.15) is 0 Å². The van der Waals surface area contributed by atoms with E-state index in [2.05, 4.69) is 0 Å². The molecule has 0 bridgehead atoms. The van der Waals surface area contributed by atoms with Gasteiger partial charge in [0.05, 0.1) is 0 Å². The molecule has 1 atom stereocenters. The number of benzene rings is 1. The molecule has 1 aromatic rings. The van der Waals surface area contributed by atoms with Gasteiger partial charge in [-0.1, -0.05) is 0 Å². The molecule has 0 spiro atoms. The molecule has 0 radical (unpaired) electrons. The predicted molar refractivity (Wildman–Crippen MR) is 51.1 cm³/mol. The highest BCUT2D eigenvalue weighted by Gasteiger charge is 2.25. The summed E-state index contributed by atoms with van der Waals surface area (Å²) >= 11 is 0. The van der Waals surface area contributed by atoms with Crippen LogP contribution in [-0.2, 0) is 0 Å². The lowest BCUT2D eigenvalue weighted by Crippen LogP contribution is -2.19. The van der Waals surface area contributed by atoms with Gasteiger partial charge in [-0.3, -0.25) is 0 Å². The molecule has 0 aliphatic carbocycles. The Morgan fingerprint density at radius 3 is 1.76 bits per heavy atom. The van der Waals surface area contributed by atoms with Crippen LogP contribution in [-0.4, -0.2) is 6.43 Å². The van der Waals surface area contributed by atoms with Crippen LogP contribution in [0.2, 0.25) is 0 Å². The van der Waals surface area contributed by atoms with E-state index in [1.807, 2.05) is 0 Å². The Labute approximate surface area is 99.0 Å². The van der Waals surface area contributed by atoms with E-state index in [0.717, 1.165) is 0 Å². The SMILES string of the molecule is Cl.N[C@@H](CC(F)F)c1c(F)c(F)cc(F)c1F. The number of hydrogen-bond donors (Lipinski definition) is 1. The minimum Gasteiger partial charge on any atom is -0.324 e. The van der Waals surface area contributed by atoms with Gasteiger partial charge >= 0.3 is 0 Å². The lowest BCUT2D eigenvalue weighted by atomic mass is 10.0. The van der Waals surface area contributed by atoms with Crippen molar-refractivity contribution in [3.63, 3.8) is 0 Å². The molecule has 0 amide bonds. The molecule has 17 heavy (non-hydrogen) atoms. The van der Waals surface area contributed by atoms with Crippen LogP contribution < -0.4 is 5.73 Å². The fraction of sp³-hybridized carbons (Fsp3) is 0.333. The van der Waals surface area contributed by atoms with Crippen LogP contribution in [0.15, 0.2) is 6.07 Å². The van der Waals surface area contributed by atoms with E-state index < -0.39 is 47.7 Å². The first-order valence-corrected chi connectivity index (χ1v) is 4.21. The maximum Gasteiger partial charge on any atom is 0.240 e. The molecule has 1 nitrogen and oxygen atoms in total. The van der Waals surface area contributed by atoms with Crippen molar-refractivity contribution in [1.82, 2.24) is 0 Å². The monoisotopic (exact) mass is 279 g/mol. The van der Waals surface area contributed by atoms with Gasteiger partial charge in [0.2, 0.25) is 6.43 Å². The third-order valence-electron chi connectivity index (χ3n) is 1.95. The average molecular weight is 280 g/mol. The topological polar surface area (TPSA) is 26.0 Å². The zero-order valence-corrected chi connectivity index (χ0v) is 9.01. The summed E-state index contributed by atoms with van der Waals surface area (Å²) in [5, 5.41) is 0. The second-order valence-electron chi connectivity index (χ2n) is 3.12. The molecular formula is C9H8ClF6N. The summed E-state index contributed by atoms with van der Waals surface area (Å²) in [6.45, 7) is 0. The van der Waals surface area contributed by atoms with Crippen molar-refractivity contribution in [2.24, 2.45) is 5.73 Å². The fourth-order valence-electron chi connectivity index (χ4n) is 1.23. The third kappa shape index (κ3) is 3.50. The first-order valence-electron chi connectivity index (χ1n) is 4.21. The molecule has 0 aliphatic rings. The molecule has 2 N–H and O–H groups in total. The van der Waals surface area contributed by atoms with Gasteiger partial charge in [-0.15, -0.1) is 12.4 Å². The summed E-state index contributed by atoms with van der Waals surface area (Å²) < 4.78 is 75.3. The first-order chi connectivity index (χ1) is 7.34. The summed E-state index contributed by atoms with van der Waals surface area (Å²) in [7, 11) is 0. The van der Waals surface area contributed by atoms with Crippen molar-refractivity contribution in [3.8, 4) is 0 Å². The zero-order valence-electron chi connectivity index (χ0n) is 8.19. The Kier molecular flexibility index (Phi) is 5.77. The Morgan fingerprint density at radius 1 is 1.00 bits per heavy atom. The molecule has 1 rings (SSSR count). The number of alkyl halides is 2. The summed E-state index contributed by atoms with van der Waals surface area (Å²) in [6, 6.07) is -1.81. The molecular weight excluding hydrogens is 272 g/mol. The van der Waals surface area contributed by atoms with Crippen molar-refractivity contribution >= 4 is 12.4 Å². The van der Waals surface area contributed by atoms with Gasteiger partial charge in [-0.2, -0.15) is 0 Å². The normalized spacial score (nSPS) is 12.5. The summed E-state index contributed by atoms with van der Waals surface area (Å²) in [5.41, 5.74) is 3.85. The van der Waals surface area contributed by atoms with Crippen LogP contribution in [0.4, 0.5) is 26.3 Å². The highest BCUT2D eigenvalue weighted by Crippen LogP contribution is 2.27. The van der Waals surface area contributed by atoms with Crippen LogP contribution in [0.25, 0.3) is 0 Å². The number of halogens is 7. The molecule has 1 aromatic carbocycles. The van der Waals surface area contributed by atoms with Crippen LogP contribution in [0.3, 0.4) is 0 Å². The lowest BCUT2D eigenvalue weighted by molar-refractivity contribution is 0.127. The molecule has 0 saturated carbocycles. The quantitative estimate of drug-likeness (QED) is 0.667. The van der Waals surface area contributed by atoms with Crippen molar-refractivity contribution in [2.45, 2.75) is 18.9 Å². The number of rotatable bonds is 3. The van der Waals surface area contributed by atoms with E-state index in [4.69, 9.17) is 5.73 Å². The van der Waals surface area contributed by atoms with E-state index in [9.17, 15) is 26.3 Å². The fourth-order valence-corrected chi connectivity index (χ4v) is 1.23. The minimum atomic E-state index is -2.93. The molecule has 8 heteroatoms. The maximum atomic E-state index is 13.0. The summed E-state index contributed by atoms with van der Waals surface area (Å²) in [6.07, 6.45) is -4.02. The summed E-state index contributed by atoms with van der Waals surface area (Å²) in [4.78, 5) is 0.